The lowest BCUT2D eigenvalue weighted by Crippen LogP contribution is -2.41. The third kappa shape index (κ3) is 6.49. The van der Waals surface area contributed by atoms with Gasteiger partial charge in [0.25, 0.3) is 0 Å². The van der Waals surface area contributed by atoms with Gasteiger partial charge in [0.1, 0.15) is 0 Å². The lowest BCUT2D eigenvalue weighted by atomic mass is 10.2. The Hall–Kier alpha value is -3.02. The first-order valence-corrected chi connectivity index (χ1v) is 11.9. The summed E-state index contributed by atoms with van der Waals surface area (Å²) in [4.78, 5) is 4.69. The van der Waals surface area contributed by atoms with Gasteiger partial charge in [-0.05, 0) is 63.1 Å². The summed E-state index contributed by atoms with van der Waals surface area (Å²) < 4.78 is 0. The second-order valence-corrected chi connectivity index (χ2v) is 7.92. The molecule has 1 saturated heterocycles. The minimum atomic E-state index is 0.881. The first kappa shape index (κ1) is 23.6. The van der Waals surface area contributed by atoms with Crippen molar-refractivity contribution in [2.24, 2.45) is 10.2 Å². The summed E-state index contributed by atoms with van der Waals surface area (Å²) >= 11 is 0. The van der Waals surface area contributed by atoms with Crippen molar-refractivity contribution in [3.8, 4) is 0 Å². The molecule has 0 bridgehead atoms. The van der Waals surface area contributed by atoms with Crippen molar-refractivity contribution in [2.75, 3.05) is 62.2 Å². The van der Waals surface area contributed by atoms with E-state index in [1.54, 1.807) is 0 Å². The SMILES string of the molecule is CCN(CC)c1ccc(C=NN2CCN(N=Cc3ccc(N(CC)CC)cc3)CC2)cc1. The summed E-state index contributed by atoms with van der Waals surface area (Å²) in [6.07, 6.45) is 3.92. The second-order valence-electron chi connectivity index (χ2n) is 7.92. The predicted octanol–water partition coefficient (Wildman–Crippen LogP) is 4.36. The minimum Gasteiger partial charge on any atom is -0.372 e. The van der Waals surface area contributed by atoms with Crippen LogP contribution >= 0.6 is 0 Å². The molecule has 6 nitrogen and oxygen atoms in total. The Labute approximate surface area is 193 Å². The summed E-state index contributed by atoms with van der Waals surface area (Å²) in [5, 5.41) is 13.6. The van der Waals surface area contributed by atoms with Crippen LogP contribution in [0.15, 0.2) is 58.7 Å². The Balaban J connectivity index is 1.46. The van der Waals surface area contributed by atoms with Crippen LogP contribution in [-0.2, 0) is 0 Å². The standard InChI is InChI=1S/C26H38N6/c1-5-29(6-2)25-13-9-23(10-14-25)21-27-31-17-19-32(20-18-31)28-22-24-11-15-26(16-12-24)30(7-3)8-4/h9-16,21-22H,5-8,17-20H2,1-4H3. The lowest BCUT2D eigenvalue weighted by Gasteiger charge is -2.31. The highest BCUT2D eigenvalue weighted by Crippen LogP contribution is 2.15. The van der Waals surface area contributed by atoms with Crippen molar-refractivity contribution in [1.82, 2.24) is 10.0 Å². The van der Waals surface area contributed by atoms with Crippen LogP contribution in [0.25, 0.3) is 0 Å². The molecule has 2 aromatic rings. The summed E-state index contributed by atoms with van der Waals surface area (Å²) in [5.41, 5.74) is 4.80. The Morgan fingerprint density at radius 1 is 0.594 bits per heavy atom. The Morgan fingerprint density at radius 2 is 0.906 bits per heavy atom. The van der Waals surface area contributed by atoms with E-state index in [1.807, 2.05) is 12.4 Å². The highest BCUT2D eigenvalue weighted by Gasteiger charge is 2.13. The maximum absolute atomic E-state index is 4.67. The van der Waals surface area contributed by atoms with Crippen LogP contribution in [0.4, 0.5) is 11.4 Å². The third-order valence-electron chi connectivity index (χ3n) is 6.02. The van der Waals surface area contributed by atoms with E-state index in [0.717, 1.165) is 63.5 Å². The summed E-state index contributed by atoms with van der Waals surface area (Å²) in [6, 6.07) is 17.3. The van der Waals surface area contributed by atoms with E-state index in [1.165, 1.54) is 11.4 Å². The average molecular weight is 435 g/mol. The van der Waals surface area contributed by atoms with Gasteiger partial charge in [0.05, 0.1) is 38.6 Å². The van der Waals surface area contributed by atoms with E-state index in [2.05, 4.69) is 106 Å². The quantitative estimate of drug-likeness (QED) is 0.521. The van der Waals surface area contributed by atoms with Gasteiger partial charge in [-0.1, -0.05) is 24.3 Å². The largest absolute Gasteiger partial charge is 0.372 e. The summed E-state index contributed by atoms with van der Waals surface area (Å²) in [5.74, 6) is 0. The molecule has 3 rings (SSSR count). The van der Waals surface area contributed by atoms with Crippen molar-refractivity contribution in [1.29, 1.82) is 0 Å². The van der Waals surface area contributed by atoms with Crippen molar-refractivity contribution in [2.45, 2.75) is 27.7 Å². The van der Waals surface area contributed by atoms with E-state index in [4.69, 9.17) is 0 Å². The zero-order valence-corrected chi connectivity index (χ0v) is 20.1. The second kappa shape index (κ2) is 12.1. The molecule has 0 unspecified atom stereocenters. The van der Waals surface area contributed by atoms with Crippen molar-refractivity contribution >= 4 is 23.8 Å². The molecule has 1 aliphatic heterocycles. The van der Waals surface area contributed by atoms with Crippen LogP contribution in [0.3, 0.4) is 0 Å². The molecule has 1 heterocycles. The Kier molecular flexibility index (Phi) is 8.96. The van der Waals surface area contributed by atoms with E-state index in [-0.39, 0.29) is 0 Å². The number of hydrogen-bond acceptors (Lipinski definition) is 6. The smallest absolute Gasteiger partial charge is 0.0553 e. The Morgan fingerprint density at radius 3 is 1.19 bits per heavy atom. The van der Waals surface area contributed by atoms with Gasteiger partial charge in [-0.2, -0.15) is 10.2 Å². The van der Waals surface area contributed by atoms with Gasteiger partial charge in [-0.25, -0.2) is 0 Å². The maximum Gasteiger partial charge on any atom is 0.0553 e. The molecule has 0 aromatic heterocycles. The first-order chi connectivity index (χ1) is 15.7. The Bertz CT molecular complexity index is 769. The first-order valence-electron chi connectivity index (χ1n) is 11.9. The van der Waals surface area contributed by atoms with E-state index < -0.39 is 0 Å². The predicted molar refractivity (Wildman–Crippen MR) is 138 cm³/mol. The van der Waals surface area contributed by atoms with Gasteiger partial charge in [0, 0.05) is 37.6 Å². The van der Waals surface area contributed by atoms with E-state index in [0.29, 0.717) is 0 Å². The number of rotatable bonds is 10. The van der Waals surface area contributed by atoms with E-state index >= 15 is 0 Å². The maximum atomic E-state index is 4.67. The van der Waals surface area contributed by atoms with Gasteiger partial charge in [0.2, 0.25) is 0 Å². The highest BCUT2D eigenvalue weighted by atomic mass is 15.5. The lowest BCUT2D eigenvalue weighted by molar-refractivity contribution is 0.141. The average Bonchev–Trinajstić information content (AvgIpc) is 2.85. The zero-order valence-electron chi connectivity index (χ0n) is 20.1. The van der Waals surface area contributed by atoms with Gasteiger partial charge >= 0.3 is 0 Å². The van der Waals surface area contributed by atoms with Crippen LogP contribution in [0, 0.1) is 0 Å². The molecule has 0 saturated carbocycles. The van der Waals surface area contributed by atoms with Gasteiger partial charge in [-0.15, -0.1) is 0 Å². The monoisotopic (exact) mass is 434 g/mol. The molecule has 6 heteroatoms. The minimum absolute atomic E-state index is 0.881. The number of hydrazone groups is 2. The molecule has 0 radical (unpaired) electrons. The molecule has 0 atom stereocenters. The molecule has 1 fully saturated rings. The molecule has 2 aromatic carbocycles. The molecule has 0 N–H and O–H groups in total. The van der Waals surface area contributed by atoms with E-state index in [9.17, 15) is 0 Å². The molecule has 0 amide bonds. The topological polar surface area (TPSA) is 37.7 Å². The van der Waals surface area contributed by atoms with Crippen LogP contribution in [0.1, 0.15) is 38.8 Å². The van der Waals surface area contributed by atoms with Crippen LogP contribution in [0.2, 0.25) is 0 Å². The van der Waals surface area contributed by atoms with Gasteiger partial charge in [-0.3, -0.25) is 10.0 Å². The summed E-state index contributed by atoms with van der Waals surface area (Å²) in [6.45, 7) is 16.4. The van der Waals surface area contributed by atoms with Gasteiger partial charge < -0.3 is 9.80 Å². The normalized spacial score (nSPS) is 14.5. The van der Waals surface area contributed by atoms with Crippen LogP contribution in [0.5, 0.6) is 0 Å². The fourth-order valence-electron chi connectivity index (χ4n) is 3.93. The highest BCUT2D eigenvalue weighted by molar-refractivity contribution is 5.80. The van der Waals surface area contributed by atoms with Crippen molar-refractivity contribution < 1.29 is 0 Å². The van der Waals surface area contributed by atoms with Crippen molar-refractivity contribution in [3.05, 3.63) is 59.7 Å². The van der Waals surface area contributed by atoms with Gasteiger partial charge in [0.15, 0.2) is 0 Å². The fourth-order valence-corrected chi connectivity index (χ4v) is 3.93. The zero-order chi connectivity index (χ0) is 22.8. The summed E-state index contributed by atoms with van der Waals surface area (Å²) in [7, 11) is 0. The number of benzene rings is 2. The molecule has 32 heavy (non-hydrogen) atoms. The van der Waals surface area contributed by atoms with Crippen LogP contribution < -0.4 is 9.80 Å². The molecular weight excluding hydrogens is 396 g/mol. The third-order valence-corrected chi connectivity index (χ3v) is 6.02. The fraction of sp³-hybridized carbons (Fsp3) is 0.462. The molecule has 0 spiro atoms. The number of hydrogen-bond donors (Lipinski definition) is 0. The molecule has 1 aliphatic rings. The number of anilines is 2. The van der Waals surface area contributed by atoms with Crippen LogP contribution in [-0.4, -0.2) is 74.8 Å². The van der Waals surface area contributed by atoms with Crippen molar-refractivity contribution in [3.63, 3.8) is 0 Å². The molecular formula is C26H38N6. The number of piperazine rings is 1. The molecule has 0 aliphatic carbocycles. The number of nitrogens with zero attached hydrogens (tertiary/aromatic N) is 6. The molecule has 172 valence electrons.